The maximum Gasteiger partial charge on any atom is 0.266 e. The SMILES string of the molecule is NC(=O)c1cc(-c2csc3ccc(Br)cc23)n[nH]1. The van der Waals surface area contributed by atoms with Gasteiger partial charge in [-0.25, -0.2) is 0 Å². The van der Waals surface area contributed by atoms with Crippen LogP contribution in [0.3, 0.4) is 0 Å². The number of hydrogen-bond donors (Lipinski definition) is 2. The number of thiophene rings is 1. The Hall–Kier alpha value is -1.66. The molecule has 0 unspecified atom stereocenters. The fourth-order valence-electron chi connectivity index (χ4n) is 1.79. The molecule has 0 aliphatic heterocycles. The summed E-state index contributed by atoms with van der Waals surface area (Å²) in [5.74, 6) is -0.505. The first-order chi connectivity index (χ1) is 8.65. The molecule has 0 aliphatic carbocycles. The molecule has 3 rings (SSSR count). The Balaban J connectivity index is 2.18. The molecular formula is C12H8BrN3OS. The van der Waals surface area contributed by atoms with Crippen molar-refractivity contribution >= 4 is 43.3 Å². The number of rotatable bonds is 2. The molecule has 90 valence electrons. The van der Waals surface area contributed by atoms with Gasteiger partial charge < -0.3 is 5.73 Å². The highest BCUT2D eigenvalue weighted by Gasteiger charge is 2.12. The van der Waals surface area contributed by atoms with E-state index in [1.165, 1.54) is 4.70 Å². The van der Waals surface area contributed by atoms with Gasteiger partial charge in [-0.1, -0.05) is 15.9 Å². The monoisotopic (exact) mass is 321 g/mol. The number of nitrogens with zero attached hydrogens (tertiary/aromatic N) is 1. The lowest BCUT2D eigenvalue weighted by Gasteiger charge is -1.95. The highest BCUT2D eigenvalue weighted by molar-refractivity contribution is 9.10. The number of aromatic nitrogens is 2. The molecule has 6 heteroatoms. The average molecular weight is 322 g/mol. The highest BCUT2D eigenvalue weighted by atomic mass is 79.9. The molecule has 0 atom stereocenters. The fraction of sp³-hybridized carbons (Fsp3) is 0. The van der Waals surface area contributed by atoms with Gasteiger partial charge in [-0.15, -0.1) is 11.3 Å². The number of amides is 1. The second kappa shape index (κ2) is 4.22. The highest BCUT2D eigenvalue weighted by Crippen LogP contribution is 2.34. The minimum absolute atomic E-state index is 0.319. The molecule has 2 heterocycles. The number of primary amides is 1. The lowest BCUT2D eigenvalue weighted by atomic mass is 10.1. The van der Waals surface area contributed by atoms with Crippen molar-refractivity contribution < 1.29 is 4.79 Å². The van der Waals surface area contributed by atoms with Crippen LogP contribution < -0.4 is 5.73 Å². The second-order valence-electron chi connectivity index (χ2n) is 3.82. The van der Waals surface area contributed by atoms with Crippen LogP contribution in [-0.2, 0) is 0 Å². The lowest BCUT2D eigenvalue weighted by molar-refractivity contribution is 0.0995. The van der Waals surface area contributed by atoms with E-state index in [1.54, 1.807) is 17.4 Å². The van der Waals surface area contributed by atoms with Crippen LogP contribution in [-0.4, -0.2) is 16.1 Å². The fourth-order valence-corrected chi connectivity index (χ4v) is 3.08. The average Bonchev–Trinajstić information content (AvgIpc) is 2.93. The molecule has 0 radical (unpaired) electrons. The summed E-state index contributed by atoms with van der Waals surface area (Å²) in [7, 11) is 0. The number of halogens is 1. The quantitative estimate of drug-likeness (QED) is 0.761. The van der Waals surface area contributed by atoms with E-state index < -0.39 is 5.91 Å². The third kappa shape index (κ3) is 1.83. The van der Waals surface area contributed by atoms with Crippen LogP contribution in [0.4, 0.5) is 0 Å². The number of carbonyl (C=O) groups excluding carboxylic acids is 1. The van der Waals surface area contributed by atoms with Crippen molar-refractivity contribution in [3.63, 3.8) is 0 Å². The van der Waals surface area contributed by atoms with Crippen molar-refractivity contribution in [1.29, 1.82) is 0 Å². The van der Waals surface area contributed by atoms with Crippen molar-refractivity contribution in [2.45, 2.75) is 0 Å². The normalized spacial score (nSPS) is 10.9. The maximum atomic E-state index is 11.0. The number of benzene rings is 1. The minimum atomic E-state index is -0.505. The molecular weight excluding hydrogens is 314 g/mol. The van der Waals surface area contributed by atoms with Gasteiger partial charge in [-0.2, -0.15) is 5.10 Å². The zero-order chi connectivity index (χ0) is 12.7. The van der Waals surface area contributed by atoms with Crippen molar-refractivity contribution in [3.8, 4) is 11.3 Å². The first-order valence-electron chi connectivity index (χ1n) is 5.17. The van der Waals surface area contributed by atoms with Crippen molar-refractivity contribution in [2.75, 3.05) is 0 Å². The molecule has 3 N–H and O–H groups in total. The Labute approximate surface area is 115 Å². The van der Waals surface area contributed by atoms with Gasteiger partial charge in [-0.05, 0) is 24.3 Å². The molecule has 1 amide bonds. The predicted octanol–water partition coefficient (Wildman–Crippen LogP) is 3.15. The van der Waals surface area contributed by atoms with Crippen LogP contribution in [0, 0.1) is 0 Å². The number of nitrogens with two attached hydrogens (primary N) is 1. The lowest BCUT2D eigenvalue weighted by Crippen LogP contribution is -2.10. The summed E-state index contributed by atoms with van der Waals surface area (Å²) in [6.45, 7) is 0. The number of carbonyl (C=O) groups is 1. The summed E-state index contributed by atoms with van der Waals surface area (Å²) >= 11 is 5.10. The molecule has 0 bridgehead atoms. The summed E-state index contributed by atoms with van der Waals surface area (Å²) in [5.41, 5.74) is 7.25. The van der Waals surface area contributed by atoms with Crippen LogP contribution in [0.1, 0.15) is 10.5 Å². The molecule has 0 spiro atoms. The van der Waals surface area contributed by atoms with Crippen LogP contribution in [0.25, 0.3) is 21.3 Å². The van der Waals surface area contributed by atoms with E-state index in [-0.39, 0.29) is 0 Å². The third-order valence-corrected chi connectivity index (χ3v) is 4.11. The van der Waals surface area contributed by atoms with Crippen molar-refractivity contribution in [2.24, 2.45) is 5.73 Å². The van der Waals surface area contributed by atoms with E-state index in [9.17, 15) is 4.79 Å². The zero-order valence-corrected chi connectivity index (χ0v) is 11.5. The Kier molecular flexibility index (Phi) is 2.68. The molecule has 0 aliphatic rings. The Morgan fingerprint density at radius 1 is 1.39 bits per heavy atom. The molecule has 2 aromatic heterocycles. The number of nitrogens with one attached hydrogen (secondary N) is 1. The summed E-state index contributed by atoms with van der Waals surface area (Å²) in [6.07, 6.45) is 0. The Morgan fingerprint density at radius 3 is 2.94 bits per heavy atom. The Morgan fingerprint density at radius 2 is 2.22 bits per heavy atom. The first kappa shape index (κ1) is 11.4. The Bertz CT molecular complexity index is 747. The molecule has 3 aromatic rings. The number of aromatic amines is 1. The first-order valence-corrected chi connectivity index (χ1v) is 6.85. The van der Waals surface area contributed by atoms with Gasteiger partial charge in [-0.3, -0.25) is 9.89 Å². The molecule has 1 aromatic carbocycles. The van der Waals surface area contributed by atoms with E-state index in [2.05, 4.69) is 32.2 Å². The van der Waals surface area contributed by atoms with Gasteiger partial charge in [0.15, 0.2) is 0 Å². The molecule has 18 heavy (non-hydrogen) atoms. The summed E-state index contributed by atoms with van der Waals surface area (Å²) in [6, 6.07) is 7.77. The van der Waals surface area contributed by atoms with E-state index >= 15 is 0 Å². The number of H-pyrrole nitrogens is 1. The summed E-state index contributed by atoms with van der Waals surface area (Å²) in [5, 5.41) is 9.90. The summed E-state index contributed by atoms with van der Waals surface area (Å²) < 4.78 is 2.19. The van der Waals surface area contributed by atoms with Crippen LogP contribution in [0.15, 0.2) is 34.1 Å². The predicted molar refractivity (Wildman–Crippen MR) is 75.6 cm³/mol. The summed E-state index contributed by atoms with van der Waals surface area (Å²) in [4.78, 5) is 11.0. The third-order valence-electron chi connectivity index (χ3n) is 2.65. The molecule has 4 nitrogen and oxygen atoms in total. The van der Waals surface area contributed by atoms with Gasteiger partial charge in [0, 0.05) is 25.5 Å². The zero-order valence-electron chi connectivity index (χ0n) is 9.11. The molecule has 0 saturated heterocycles. The van der Waals surface area contributed by atoms with E-state index in [0.29, 0.717) is 5.69 Å². The van der Waals surface area contributed by atoms with Gasteiger partial charge in [0.2, 0.25) is 0 Å². The smallest absolute Gasteiger partial charge is 0.266 e. The van der Waals surface area contributed by atoms with E-state index in [0.717, 1.165) is 21.1 Å². The van der Waals surface area contributed by atoms with Crippen molar-refractivity contribution in [3.05, 3.63) is 39.8 Å². The maximum absolute atomic E-state index is 11.0. The second-order valence-corrected chi connectivity index (χ2v) is 5.65. The minimum Gasteiger partial charge on any atom is -0.364 e. The van der Waals surface area contributed by atoms with Crippen LogP contribution in [0.5, 0.6) is 0 Å². The van der Waals surface area contributed by atoms with Crippen LogP contribution in [0.2, 0.25) is 0 Å². The topological polar surface area (TPSA) is 71.8 Å². The van der Waals surface area contributed by atoms with Crippen LogP contribution >= 0.6 is 27.3 Å². The number of hydrogen-bond acceptors (Lipinski definition) is 3. The van der Waals surface area contributed by atoms with Gasteiger partial charge >= 0.3 is 0 Å². The van der Waals surface area contributed by atoms with E-state index in [1.807, 2.05) is 17.5 Å². The van der Waals surface area contributed by atoms with Gasteiger partial charge in [0.05, 0.1) is 5.69 Å². The molecule has 0 saturated carbocycles. The largest absolute Gasteiger partial charge is 0.364 e. The van der Waals surface area contributed by atoms with E-state index in [4.69, 9.17) is 5.73 Å². The van der Waals surface area contributed by atoms with Gasteiger partial charge in [0.1, 0.15) is 5.69 Å². The number of fused-ring (bicyclic) bond motifs is 1. The van der Waals surface area contributed by atoms with Gasteiger partial charge in [0.25, 0.3) is 5.91 Å². The van der Waals surface area contributed by atoms with Crippen molar-refractivity contribution in [1.82, 2.24) is 10.2 Å². The standard InChI is InChI=1S/C12H8BrN3OS/c13-6-1-2-11-7(3-6)8(5-18-11)9-4-10(12(14)17)16-15-9/h1-5H,(H2,14,17)(H,15,16). The molecule has 0 fully saturated rings.